The monoisotopic (exact) mass is 276 g/mol. The quantitative estimate of drug-likeness (QED) is 0.790. The summed E-state index contributed by atoms with van der Waals surface area (Å²) in [6, 6.07) is 7.86. The summed E-state index contributed by atoms with van der Waals surface area (Å²) >= 11 is 0. The van der Waals surface area contributed by atoms with Gasteiger partial charge in [0.2, 0.25) is 0 Å². The van der Waals surface area contributed by atoms with Gasteiger partial charge < -0.3 is 15.7 Å². The Balaban J connectivity index is 1.95. The van der Waals surface area contributed by atoms with Crippen LogP contribution in [0.15, 0.2) is 24.3 Å². The van der Waals surface area contributed by atoms with Crippen molar-refractivity contribution in [3.63, 3.8) is 0 Å². The van der Waals surface area contributed by atoms with Crippen molar-refractivity contribution in [2.24, 2.45) is 0 Å². The van der Waals surface area contributed by atoms with Gasteiger partial charge >= 0.3 is 12.0 Å². The summed E-state index contributed by atoms with van der Waals surface area (Å²) in [6.45, 7) is 2.34. The second-order valence-corrected chi connectivity index (χ2v) is 5.20. The van der Waals surface area contributed by atoms with Crippen LogP contribution in [0.25, 0.3) is 0 Å². The van der Waals surface area contributed by atoms with Crippen LogP contribution >= 0.6 is 0 Å². The van der Waals surface area contributed by atoms with Crippen LogP contribution in [0.4, 0.5) is 4.79 Å². The van der Waals surface area contributed by atoms with E-state index in [1.807, 2.05) is 18.2 Å². The van der Waals surface area contributed by atoms with Gasteiger partial charge in [-0.25, -0.2) is 4.79 Å². The topological polar surface area (TPSA) is 78.4 Å². The summed E-state index contributed by atoms with van der Waals surface area (Å²) in [4.78, 5) is 22.2. The van der Waals surface area contributed by atoms with Crippen LogP contribution in [0.1, 0.15) is 49.3 Å². The predicted octanol–water partition coefficient (Wildman–Crippen LogP) is 2.40. The molecule has 0 heterocycles. The van der Waals surface area contributed by atoms with Crippen LogP contribution in [0.5, 0.6) is 0 Å². The van der Waals surface area contributed by atoms with E-state index in [1.165, 1.54) is 11.1 Å². The number of carboxylic acid groups (broad SMARTS) is 1. The molecule has 0 spiro atoms. The molecule has 108 valence electrons. The molecule has 1 aromatic rings. The van der Waals surface area contributed by atoms with Gasteiger partial charge in [-0.2, -0.15) is 0 Å². The Morgan fingerprint density at radius 2 is 1.95 bits per heavy atom. The van der Waals surface area contributed by atoms with Crippen LogP contribution in [0, 0.1) is 0 Å². The molecule has 5 heteroatoms. The molecule has 0 radical (unpaired) electrons. The van der Waals surface area contributed by atoms with Gasteiger partial charge in [0.1, 0.15) is 0 Å². The molecule has 2 atom stereocenters. The van der Waals surface area contributed by atoms with Crippen molar-refractivity contribution in [3.8, 4) is 0 Å². The number of benzene rings is 1. The first-order chi connectivity index (χ1) is 9.58. The smallest absolute Gasteiger partial charge is 0.315 e. The highest BCUT2D eigenvalue weighted by molar-refractivity contribution is 5.75. The van der Waals surface area contributed by atoms with E-state index in [9.17, 15) is 9.59 Å². The number of hydrogen-bond donors (Lipinski definition) is 3. The highest BCUT2D eigenvalue weighted by Gasteiger charge is 2.25. The minimum absolute atomic E-state index is 0.00669. The van der Waals surface area contributed by atoms with E-state index in [-0.39, 0.29) is 25.0 Å². The molecule has 0 fully saturated rings. The Morgan fingerprint density at radius 1 is 1.25 bits per heavy atom. The fraction of sp³-hybridized carbons (Fsp3) is 0.467. The number of hydrogen-bond acceptors (Lipinski definition) is 2. The molecule has 2 unspecified atom stereocenters. The molecule has 0 saturated heterocycles. The van der Waals surface area contributed by atoms with Crippen molar-refractivity contribution in [1.82, 2.24) is 10.6 Å². The molecular formula is C15H20N2O3. The highest BCUT2D eigenvalue weighted by atomic mass is 16.4. The summed E-state index contributed by atoms with van der Waals surface area (Å²) in [7, 11) is 0. The van der Waals surface area contributed by atoms with Crippen molar-refractivity contribution >= 4 is 12.0 Å². The van der Waals surface area contributed by atoms with E-state index in [1.54, 1.807) is 0 Å². The van der Waals surface area contributed by atoms with E-state index in [0.29, 0.717) is 5.92 Å². The lowest BCUT2D eigenvalue weighted by molar-refractivity contribution is -0.136. The van der Waals surface area contributed by atoms with Gasteiger partial charge in [-0.05, 0) is 29.9 Å². The summed E-state index contributed by atoms with van der Waals surface area (Å²) in [6.07, 6.45) is 1.88. The Morgan fingerprint density at radius 3 is 2.65 bits per heavy atom. The molecule has 20 heavy (non-hydrogen) atoms. The van der Waals surface area contributed by atoms with E-state index >= 15 is 0 Å². The molecule has 2 rings (SSSR count). The van der Waals surface area contributed by atoms with Crippen LogP contribution in [-0.4, -0.2) is 23.7 Å². The molecule has 0 bridgehead atoms. The third kappa shape index (κ3) is 3.50. The number of rotatable bonds is 4. The zero-order valence-electron chi connectivity index (χ0n) is 11.6. The summed E-state index contributed by atoms with van der Waals surface area (Å²) in [5.41, 5.74) is 2.45. The maximum Gasteiger partial charge on any atom is 0.315 e. The van der Waals surface area contributed by atoms with Gasteiger partial charge in [-0.3, -0.25) is 4.79 Å². The predicted molar refractivity (Wildman–Crippen MR) is 75.6 cm³/mol. The molecule has 0 saturated carbocycles. The molecule has 5 nitrogen and oxygen atoms in total. The summed E-state index contributed by atoms with van der Waals surface area (Å²) < 4.78 is 0. The lowest BCUT2D eigenvalue weighted by atomic mass is 9.81. The van der Waals surface area contributed by atoms with Gasteiger partial charge in [-0.1, -0.05) is 31.2 Å². The van der Waals surface area contributed by atoms with Gasteiger partial charge in [-0.15, -0.1) is 0 Å². The van der Waals surface area contributed by atoms with E-state index < -0.39 is 5.97 Å². The van der Waals surface area contributed by atoms with Crippen molar-refractivity contribution in [2.45, 2.75) is 38.1 Å². The Kier molecular flexibility index (Phi) is 4.61. The van der Waals surface area contributed by atoms with E-state index in [0.717, 1.165) is 12.8 Å². The number of carboxylic acids is 1. The summed E-state index contributed by atoms with van der Waals surface area (Å²) in [5.74, 6) is -0.401. The lowest BCUT2D eigenvalue weighted by Crippen LogP contribution is -2.40. The molecule has 3 N–H and O–H groups in total. The molecule has 1 aromatic carbocycles. The molecule has 0 aromatic heterocycles. The average molecular weight is 276 g/mol. The first-order valence-electron chi connectivity index (χ1n) is 6.93. The Bertz CT molecular complexity index is 502. The normalized spacial score (nSPS) is 20.9. The van der Waals surface area contributed by atoms with Crippen molar-refractivity contribution in [1.29, 1.82) is 0 Å². The first-order valence-corrected chi connectivity index (χ1v) is 6.93. The lowest BCUT2D eigenvalue weighted by Gasteiger charge is -2.30. The van der Waals surface area contributed by atoms with Crippen molar-refractivity contribution in [2.75, 3.05) is 6.54 Å². The minimum atomic E-state index is -0.915. The maximum atomic E-state index is 11.8. The van der Waals surface area contributed by atoms with Crippen molar-refractivity contribution < 1.29 is 14.7 Å². The number of urea groups is 1. The van der Waals surface area contributed by atoms with Gasteiger partial charge in [0.25, 0.3) is 0 Å². The van der Waals surface area contributed by atoms with E-state index in [4.69, 9.17) is 5.11 Å². The fourth-order valence-electron chi connectivity index (χ4n) is 2.65. The SMILES string of the molecule is CC1CCC(NC(=O)NCCC(=O)O)c2ccccc21. The number of aliphatic carboxylic acids is 1. The zero-order chi connectivity index (χ0) is 14.5. The maximum absolute atomic E-state index is 11.8. The van der Waals surface area contributed by atoms with E-state index in [2.05, 4.69) is 23.6 Å². The van der Waals surface area contributed by atoms with Crippen LogP contribution in [0.3, 0.4) is 0 Å². The Labute approximate surface area is 118 Å². The fourth-order valence-corrected chi connectivity index (χ4v) is 2.65. The first kappa shape index (κ1) is 14.4. The van der Waals surface area contributed by atoms with Crippen LogP contribution in [-0.2, 0) is 4.79 Å². The van der Waals surface area contributed by atoms with Crippen LogP contribution < -0.4 is 10.6 Å². The highest BCUT2D eigenvalue weighted by Crippen LogP contribution is 2.36. The molecular weight excluding hydrogens is 256 g/mol. The number of nitrogens with one attached hydrogen (secondary N) is 2. The minimum Gasteiger partial charge on any atom is -0.481 e. The number of fused-ring (bicyclic) bond motifs is 1. The molecule has 1 aliphatic carbocycles. The molecule has 2 amide bonds. The van der Waals surface area contributed by atoms with Gasteiger partial charge in [0.05, 0.1) is 12.5 Å². The third-order valence-electron chi connectivity index (χ3n) is 3.72. The van der Waals surface area contributed by atoms with Crippen molar-refractivity contribution in [3.05, 3.63) is 35.4 Å². The second kappa shape index (κ2) is 6.41. The Hall–Kier alpha value is -2.04. The van der Waals surface area contributed by atoms with Gasteiger partial charge in [0, 0.05) is 6.54 Å². The molecule has 1 aliphatic rings. The summed E-state index contributed by atoms with van der Waals surface area (Å²) in [5, 5.41) is 14.0. The number of amides is 2. The number of carbonyl (C=O) groups is 2. The van der Waals surface area contributed by atoms with Gasteiger partial charge in [0.15, 0.2) is 0 Å². The third-order valence-corrected chi connectivity index (χ3v) is 3.72. The molecule has 0 aliphatic heterocycles. The number of carbonyl (C=O) groups excluding carboxylic acids is 1. The second-order valence-electron chi connectivity index (χ2n) is 5.20. The average Bonchev–Trinajstić information content (AvgIpc) is 2.42. The van der Waals surface area contributed by atoms with Crippen LogP contribution in [0.2, 0.25) is 0 Å². The standard InChI is InChI=1S/C15H20N2O3/c1-10-6-7-13(12-5-3-2-4-11(10)12)17-15(20)16-9-8-14(18)19/h2-5,10,13H,6-9H2,1H3,(H,18,19)(H2,16,17,20). The zero-order valence-corrected chi connectivity index (χ0v) is 11.6. The largest absolute Gasteiger partial charge is 0.481 e.